The summed E-state index contributed by atoms with van der Waals surface area (Å²) in [5.41, 5.74) is 8.38. The Labute approximate surface area is 193 Å². The summed E-state index contributed by atoms with van der Waals surface area (Å²) < 4.78 is 10.8. The molecule has 7 heteroatoms. The Morgan fingerprint density at radius 2 is 1.76 bits per heavy atom. The topological polar surface area (TPSA) is 94.8 Å². The molecular weight excluding hydrogens is 418 g/mol. The number of nitrogens with zero attached hydrogens (tertiary/aromatic N) is 2. The van der Waals surface area contributed by atoms with Gasteiger partial charge in [-0.3, -0.25) is 14.6 Å². The lowest BCUT2D eigenvalue weighted by Gasteiger charge is -2.27. The van der Waals surface area contributed by atoms with E-state index in [1.807, 2.05) is 36.4 Å². The van der Waals surface area contributed by atoms with Crippen LogP contribution in [0.3, 0.4) is 0 Å². The minimum absolute atomic E-state index is 0.226. The van der Waals surface area contributed by atoms with E-state index in [1.54, 1.807) is 35.5 Å². The first-order chi connectivity index (χ1) is 16.0. The Bertz CT molecular complexity index is 1140. The highest BCUT2D eigenvalue weighted by atomic mass is 16.5. The van der Waals surface area contributed by atoms with Crippen LogP contribution in [0, 0.1) is 5.41 Å². The number of nitrogens with two attached hydrogens (primary N) is 1. The average Bonchev–Trinajstić information content (AvgIpc) is 3.29. The maximum atomic E-state index is 13.5. The highest BCUT2D eigenvalue weighted by Crippen LogP contribution is 2.39. The largest absolute Gasteiger partial charge is 0.496 e. The molecule has 1 saturated heterocycles. The number of likely N-dealkylation sites (tertiary alicyclic amines) is 1. The van der Waals surface area contributed by atoms with Crippen LogP contribution in [0.1, 0.15) is 22.3 Å². The first-order valence-corrected chi connectivity index (χ1v) is 10.8. The molecule has 2 N–H and O–H groups in total. The second-order valence-electron chi connectivity index (χ2n) is 8.23. The van der Waals surface area contributed by atoms with Crippen molar-refractivity contribution in [2.45, 2.75) is 12.8 Å². The van der Waals surface area contributed by atoms with Crippen molar-refractivity contribution >= 4 is 11.8 Å². The lowest BCUT2D eigenvalue weighted by atomic mass is 9.78. The number of carbonyl (C=O) groups is 2. The monoisotopic (exact) mass is 445 g/mol. The summed E-state index contributed by atoms with van der Waals surface area (Å²) in [6, 6.07) is 17.0. The Morgan fingerprint density at radius 1 is 1.03 bits per heavy atom. The van der Waals surface area contributed by atoms with E-state index in [9.17, 15) is 9.59 Å². The van der Waals surface area contributed by atoms with Crippen LogP contribution >= 0.6 is 0 Å². The van der Waals surface area contributed by atoms with Gasteiger partial charge in [0.25, 0.3) is 5.91 Å². The van der Waals surface area contributed by atoms with Crippen molar-refractivity contribution in [1.82, 2.24) is 9.88 Å². The van der Waals surface area contributed by atoms with Crippen molar-refractivity contribution in [3.63, 3.8) is 0 Å². The van der Waals surface area contributed by atoms with E-state index in [4.69, 9.17) is 15.2 Å². The Kier molecular flexibility index (Phi) is 6.31. The molecule has 0 spiro atoms. The lowest BCUT2D eigenvalue weighted by molar-refractivity contribution is -0.126. The number of hydrogen-bond donors (Lipinski definition) is 1. The minimum atomic E-state index is -0.872. The molecule has 1 fully saturated rings. The van der Waals surface area contributed by atoms with Gasteiger partial charge in [-0.2, -0.15) is 0 Å². The number of carbonyl (C=O) groups excluding carboxylic acids is 2. The number of ether oxygens (including phenoxy) is 2. The molecule has 3 aromatic rings. The van der Waals surface area contributed by atoms with E-state index >= 15 is 0 Å². The molecule has 1 aliphatic heterocycles. The normalized spacial score (nSPS) is 17.6. The molecule has 33 heavy (non-hydrogen) atoms. The van der Waals surface area contributed by atoms with Gasteiger partial charge >= 0.3 is 0 Å². The van der Waals surface area contributed by atoms with Crippen molar-refractivity contribution in [2.24, 2.45) is 11.1 Å². The van der Waals surface area contributed by atoms with Gasteiger partial charge < -0.3 is 20.1 Å². The van der Waals surface area contributed by atoms with Crippen molar-refractivity contribution in [3.8, 4) is 22.6 Å². The molecule has 1 atom stereocenters. The van der Waals surface area contributed by atoms with Crippen LogP contribution in [0.5, 0.6) is 11.5 Å². The molecule has 1 aromatic heterocycles. The van der Waals surface area contributed by atoms with Crippen LogP contribution in [0.4, 0.5) is 0 Å². The summed E-state index contributed by atoms with van der Waals surface area (Å²) in [6.45, 7) is 0.641. The molecule has 7 nitrogen and oxygen atoms in total. The molecule has 0 aliphatic carbocycles. The molecule has 2 heterocycles. The van der Waals surface area contributed by atoms with E-state index in [0.29, 0.717) is 36.4 Å². The smallest absolute Gasteiger partial charge is 0.261 e. The third-order valence-electron chi connectivity index (χ3n) is 6.32. The van der Waals surface area contributed by atoms with Gasteiger partial charge in [0.1, 0.15) is 17.1 Å². The second-order valence-corrected chi connectivity index (χ2v) is 8.23. The first-order valence-electron chi connectivity index (χ1n) is 10.8. The molecule has 0 saturated carbocycles. The summed E-state index contributed by atoms with van der Waals surface area (Å²) >= 11 is 0. The van der Waals surface area contributed by atoms with Gasteiger partial charge in [-0.05, 0) is 42.2 Å². The third-order valence-corrected chi connectivity index (χ3v) is 6.32. The molecule has 170 valence electrons. The summed E-state index contributed by atoms with van der Waals surface area (Å²) in [7, 11) is 3.03. The Hall–Kier alpha value is -3.87. The number of primary amides is 1. The van der Waals surface area contributed by atoms with E-state index in [-0.39, 0.29) is 12.5 Å². The van der Waals surface area contributed by atoms with Crippen LogP contribution in [0.2, 0.25) is 0 Å². The summed E-state index contributed by atoms with van der Waals surface area (Å²) in [4.78, 5) is 32.1. The first kappa shape index (κ1) is 22.3. The summed E-state index contributed by atoms with van der Waals surface area (Å²) in [6.07, 6.45) is 4.44. The molecule has 1 aliphatic rings. The summed E-state index contributed by atoms with van der Waals surface area (Å²) in [5, 5.41) is 0. The van der Waals surface area contributed by atoms with Gasteiger partial charge in [-0.1, -0.05) is 36.4 Å². The van der Waals surface area contributed by atoms with Crippen molar-refractivity contribution in [1.29, 1.82) is 0 Å². The fraction of sp³-hybridized carbons (Fsp3) is 0.269. The maximum absolute atomic E-state index is 13.5. The number of benzene rings is 2. The van der Waals surface area contributed by atoms with Gasteiger partial charge in [0.15, 0.2) is 0 Å². The molecule has 4 rings (SSSR count). The van der Waals surface area contributed by atoms with Gasteiger partial charge in [0, 0.05) is 31.0 Å². The number of hydrogen-bond acceptors (Lipinski definition) is 5. The van der Waals surface area contributed by atoms with E-state index in [0.717, 1.165) is 16.7 Å². The zero-order valence-corrected chi connectivity index (χ0v) is 18.8. The van der Waals surface area contributed by atoms with E-state index in [1.165, 1.54) is 14.2 Å². The second kappa shape index (κ2) is 9.32. The average molecular weight is 446 g/mol. The van der Waals surface area contributed by atoms with Gasteiger partial charge in [-0.15, -0.1) is 0 Å². The highest BCUT2D eigenvalue weighted by molar-refractivity contribution is 6.00. The molecule has 0 bridgehead atoms. The van der Waals surface area contributed by atoms with Gasteiger partial charge in [0.2, 0.25) is 5.91 Å². The molecular formula is C26H27N3O4. The van der Waals surface area contributed by atoms with Gasteiger partial charge in [0.05, 0.1) is 19.6 Å². The summed E-state index contributed by atoms with van der Waals surface area (Å²) in [5.74, 6) is 0.203. The minimum Gasteiger partial charge on any atom is -0.496 e. The zero-order chi connectivity index (χ0) is 23.4. The van der Waals surface area contributed by atoms with Crippen LogP contribution < -0.4 is 15.2 Å². The van der Waals surface area contributed by atoms with Crippen molar-refractivity contribution in [3.05, 3.63) is 78.1 Å². The Balaban J connectivity index is 1.65. The van der Waals surface area contributed by atoms with Crippen LogP contribution in [0.25, 0.3) is 11.1 Å². The molecule has 0 unspecified atom stereocenters. The van der Waals surface area contributed by atoms with Crippen molar-refractivity contribution < 1.29 is 19.1 Å². The van der Waals surface area contributed by atoms with Crippen LogP contribution in [-0.4, -0.2) is 49.0 Å². The number of amides is 2. The molecule has 2 aromatic carbocycles. The predicted octanol–water partition coefficient (Wildman–Crippen LogP) is 3.33. The predicted molar refractivity (Wildman–Crippen MR) is 125 cm³/mol. The highest BCUT2D eigenvalue weighted by Gasteiger charge is 2.46. The van der Waals surface area contributed by atoms with E-state index < -0.39 is 11.3 Å². The van der Waals surface area contributed by atoms with Crippen LogP contribution in [-0.2, 0) is 11.2 Å². The fourth-order valence-corrected chi connectivity index (χ4v) is 4.54. The molecule has 2 amide bonds. The van der Waals surface area contributed by atoms with E-state index in [2.05, 4.69) is 4.98 Å². The lowest BCUT2D eigenvalue weighted by Crippen LogP contribution is -2.42. The Morgan fingerprint density at radius 3 is 2.39 bits per heavy atom. The quantitative estimate of drug-likeness (QED) is 0.602. The number of methoxy groups -OCH3 is 2. The maximum Gasteiger partial charge on any atom is 0.261 e. The number of aromatic nitrogens is 1. The number of rotatable bonds is 7. The SMILES string of the molecule is COc1cccc(OC)c1C(=O)N1CC[C@](Cc2ccccc2-c2cccnc2)(C(N)=O)C1. The number of pyridine rings is 1. The fourth-order valence-electron chi connectivity index (χ4n) is 4.54. The zero-order valence-electron chi connectivity index (χ0n) is 18.8. The standard InChI is InChI=1S/C26H27N3O4/c1-32-21-10-5-11-22(33-2)23(21)24(30)29-14-12-26(17-29,25(27)31)15-18-7-3-4-9-20(18)19-8-6-13-28-16-19/h3-11,13,16H,12,14-15,17H2,1-2H3,(H2,27,31)/t26-/m1/s1. The molecule has 0 radical (unpaired) electrons. The third kappa shape index (κ3) is 4.26. The van der Waals surface area contributed by atoms with Crippen LogP contribution in [0.15, 0.2) is 67.0 Å². The van der Waals surface area contributed by atoms with Crippen molar-refractivity contribution in [2.75, 3.05) is 27.3 Å². The van der Waals surface area contributed by atoms with Gasteiger partial charge in [-0.25, -0.2) is 0 Å².